The van der Waals surface area contributed by atoms with Gasteiger partial charge in [-0.05, 0) is 74.2 Å². The lowest BCUT2D eigenvalue weighted by atomic mass is 9.92. The lowest BCUT2D eigenvalue weighted by Gasteiger charge is -2.13. The molecule has 0 N–H and O–H groups in total. The molecule has 134 valence electrons. The van der Waals surface area contributed by atoms with Crippen LogP contribution >= 0.6 is 23.4 Å². The van der Waals surface area contributed by atoms with Gasteiger partial charge in [0.25, 0.3) is 5.22 Å². The van der Waals surface area contributed by atoms with Gasteiger partial charge in [0.15, 0.2) is 5.78 Å². The van der Waals surface area contributed by atoms with Crippen LogP contribution in [0.1, 0.15) is 32.6 Å². The predicted octanol–water partition coefficient (Wildman–Crippen LogP) is 5.60. The van der Waals surface area contributed by atoms with E-state index in [4.69, 9.17) is 16.0 Å². The van der Waals surface area contributed by atoms with Crippen molar-refractivity contribution in [3.8, 4) is 11.5 Å². The molecule has 26 heavy (non-hydrogen) atoms. The molecule has 4 nitrogen and oxygen atoms in total. The standard InChI is InChI=1S/C20H19ClN2O2S/c1-11-9-12(2)14(4)18(13(11)3)17(24)10-26-20-23-22-19(25-20)15-5-7-16(21)8-6-15/h5-9H,10H2,1-4H3. The maximum atomic E-state index is 12.8. The summed E-state index contributed by atoms with van der Waals surface area (Å²) in [4.78, 5) is 12.8. The summed E-state index contributed by atoms with van der Waals surface area (Å²) < 4.78 is 5.65. The van der Waals surface area contributed by atoms with Crippen LogP contribution in [0.4, 0.5) is 0 Å². The number of halogens is 1. The van der Waals surface area contributed by atoms with Gasteiger partial charge in [-0.3, -0.25) is 4.79 Å². The van der Waals surface area contributed by atoms with Gasteiger partial charge in [0.1, 0.15) is 0 Å². The predicted molar refractivity (Wildman–Crippen MR) is 105 cm³/mol. The lowest BCUT2D eigenvalue weighted by Crippen LogP contribution is -2.10. The zero-order valence-electron chi connectivity index (χ0n) is 15.1. The first-order valence-electron chi connectivity index (χ1n) is 8.19. The number of benzene rings is 2. The molecule has 0 spiro atoms. The van der Waals surface area contributed by atoms with Crippen molar-refractivity contribution in [2.24, 2.45) is 0 Å². The van der Waals surface area contributed by atoms with Crippen molar-refractivity contribution < 1.29 is 9.21 Å². The SMILES string of the molecule is Cc1cc(C)c(C)c(C(=O)CSc2nnc(-c3ccc(Cl)cc3)o2)c1C. The Morgan fingerprint density at radius 3 is 2.27 bits per heavy atom. The number of carbonyl (C=O) groups excluding carboxylic acids is 1. The molecule has 0 saturated carbocycles. The Morgan fingerprint density at radius 1 is 1.04 bits per heavy atom. The Hall–Kier alpha value is -2.11. The van der Waals surface area contributed by atoms with E-state index < -0.39 is 0 Å². The number of carbonyl (C=O) groups is 1. The second kappa shape index (κ2) is 7.64. The topological polar surface area (TPSA) is 56.0 Å². The summed E-state index contributed by atoms with van der Waals surface area (Å²) in [6.45, 7) is 8.04. The van der Waals surface area contributed by atoms with Crippen LogP contribution in [0.3, 0.4) is 0 Å². The minimum Gasteiger partial charge on any atom is -0.411 e. The van der Waals surface area contributed by atoms with E-state index in [0.717, 1.165) is 33.4 Å². The van der Waals surface area contributed by atoms with Crippen molar-refractivity contribution in [1.29, 1.82) is 0 Å². The third kappa shape index (κ3) is 3.84. The number of nitrogens with zero attached hydrogens (tertiary/aromatic N) is 2. The molecule has 0 bridgehead atoms. The number of Topliss-reactive ketones (excluding diaryl/α,β-unsaturated/α-hetero) is 1. The van der Waals surface area contributed by atoms with Crippen LogP contribution in [0, 0.1) is 27.7 Å². The van der Waals surface area contributed by atoms with Gasteiger partial charge in [0, 0.05) is 16.1 Å². The van der Waals surface area contributed by atoms with Crippen molar-refractivity contribution in [3.63, 3.8) is 0 Å². The number of aromatic nitrogens is 2. The van der Waals surface area contributed by atoms with Crippen LogP contribution in [0.25, 0.3) is 11.5 Å². The minimum atomic E-state index is 0.0723. The molecule has 3 aromatic rings. The Labute approximate surface area is 162 Å². The Balaban J connectivity index is 1.74. The van der Waals surface area contributed by atoms with Crippen molar-refractivity contribution in [1.82, 2.24) is 10.2 Å². The largest absolute Gasteiger partial charge is 0.411 e. The van der Waals surface area contributed by atoms with Gasteiger partial charge in [0.05, 0.1) is 5.75 Å². The molecule has 0 saturated heterocycles. The molecule has 0 amide bonds. The van der Waals surface area contributed by atoms with Gasteiger partial charge in [-0.2, -0.15) is 0 Å². The van der Waals surface area contributed by atoms with Crippen molar-refractivity contribution in [2.45, 2.75) is 32.9 Å². The smallest absolute Gasteiger partial charge is 0.277 e. The van der Waals surface area contributed by atoms with Crippen molar-refractivity contribution in [3.05, 3.63) is 63.2 Å². The second-order valence-electron chi connectivity index (χ2n) is 6.23. The zero-order valence-corrected chi connectivity index (χ0v) is 16.7. The van der Waals surface area contributed by atoms with Crippen LogP contribution < -0.4 is 0 Å². The van der Waals surface area contributed by atoms with Crippen LogP contribution in [-0.4, -0.2) is 21.7 Å². The summed E-state index contributed by atoms with van der Waals surface area (Å²) in [6, 6.07) is 9.28. The molecule has 0 aliphatic carbocycles. The molecule has 0 fully saturated rings. The highest BCUT2D eigenvalue weighted by atomic mass is 35.5. The third-order valence-corrected chi connectivity index (χ3v) is 5.54. The second-order valence-corrected chi connectivity index (χ2v) is 7.59. The normalized spacial score (nSPS) is 11.0. The fraction of sp³-hybridized carbons (Fsp3) is 0.250. The maximum Gasteiger partial charge on any atom is 0.277 e. The van der Waals surface area contributed by atoms with E-state index in [-0.39, 0.29) is 11.5 Å². The van der Waals surface area contributed by atoms with Gasteiger partial charge < -0.3 is 4.42 Å². The highest BCUT2D eigenvalue weighted by molar-refractivity contribution is 7.99. The van der Waals surface area contributed by atoms with E-state index >= 15 is 0 Å². The summed E-state index contributed by atoms with van der Waals surface area (Å²) in [6.07, 6.45) is 0. The monoisotopic (exact) mass is 386 g/mol. The molecule has 1 heterocycles. The Kier molecular flexibility index (Phi) is 5.49. The number of hydrogen-bond donors (Lipinski definition) is 0. The van der Waals surface area contributed by atoms with E-state index in [0.29, 0.717) is 16.1 Å². The molecule has 6 heteroatoms. The molecule has 0 unspecified atom stereocenters. The van der Waals surface area contributed by atoms with Gasteiger partial charge in [-0.1, -0.05) is 29.4 Å². The number of aryl methyl sites for hydroxylation is 2. The number of hydrogen-bond acceptors (Lipinski definition) is 5. The van der Waals surface area contributed by atoms with Gasteiger partial charge in [-0.15, -0.1) is 10.2 Å². The first-order valence-corrected chi connectivity index (χ1v) is 9.56. The van der Waals surface area contributed by atoms with Crippen LogP contribution in [-0.2, 0) is 0 Å². The molecular formula is C20H19ClN2O2S. The molecule has 3 rings (SSSR count). The van der Waals surface area contributed by atoms with E-state index in [2.05, 4.69) is 16.3 Å². The van der Waals surface area contributed by atoms with E-state index in [9.17, 15) is 4.79 Å². The van der Waals surface area contributed by atoms with Crippen LogP contribution in [0.2, 0.25) is 5.02 Å². The minimum absolute atomic E-state index is 0.0723. The highest BCUT2D eigenvalue weighted by Crippen LogP contribution is 2.27. The quantitative estimate of drug-likeness (QED) is 0.422. The van der Waals surface area contributed by atoms with Gasteiger partial charge in [0.2, 0.25) is 5.89 Å². The molecular weight excluding hydrogens is 368 g/mol. The first kappa shape index (κ1) is 18.7. The fourth-order valence-electron chi connectivity index (χ4n) is 2.81. The number of ketones is 1. The van der Waals surface area contributed by atoms with E-state index in [1.807, 2.05) is 39.8 Å². The summed E-state index contributed by atoms with van der Waals surface area (Å²) in [5.74, 6) is 0.741. The maximum absolute atomic E-state index is 12.8. The average molecular weight is 387 g/mol. The van der Waals surface area contributed by atoms with Gasteiger partial charge >= 0.3 is 0 Å². The van der Waals surface area contributed by atoms with Crippen LogP contribution in [0.15, 0.2) is 40.0 Å². The molecule has 0 radical (unpaired) electrons. The summed E-state index contributed by atoms with van der Waals surface area (Å²) >= 11 is 7.14. The average Bonchev–Trinajstić information content (AvgIpc) is 3.08. The summed E-state index contributed by atoms with van der Waals surface area (Å²) in [5, 5.41) is 9.08. The zero-order chi connectivity index (χ0) is 18.8. The van der Waals surface area contributed by atoms with Gasteiger partial charge in [-0.25, -0.2) is 0 Å². The number of thioether (sulfide) groups is 1. The fourth-order valence-corrected chi connectivity index (χ4v) is 3.57. The molecule has 0 atom stereocenters. The molecule has 2 aromatic carbocycles. The summed E-state index contributed by atoms with van der Waals surface area (Å²) in [7, 11) is 0. The molecule has 0 aliphatic rings. The lowest BCUT2D eigenvalue weighted by molar-refractivity contribution is 0.102. The third-order valence-electron chi connectivity index (χ3n) is 4.47. The molecule has 0 aliphatic heterocycles. The van der Waals surface area contributed by atoms with E-state index in [1.165, 1.54) is 11.8 Å². The van der Waals surface area contributed by atoms with Crippen molar-refractivity contribution in [2.75, 3.05) is 5.75 Å². The van der Waals surface area contributed by atoms with E-state index in [1.54, 1.807) is 12.1 Å². The number of rotatable bonds is 5. The molecule has 1 aromatic heterocycles. The highest BCUT2D eigenvalue weighted by Gasteiger charge is 2.18. The Bertz CT molecular complexity index is 938. The van der Waals surface area contributed by atoms with Crippen molar-refractivity contribution >= 4 is 29.1 Å². The first-order chi connectivity index (χ1) is 12.4. The Morgan fingerprint density at radius 2 is 1.65 bits per heavy atom. The van der Waals surface area contributed by atoms with Crippen LogP contribution in [0.5, 0.6) is 0 Å². The summed E-state index contributed by atoms with van der Waals surface area (Å²) in [5.41, 5.74) is 5.92.